The van der Waals surface area contributed by atoms with Gasteiger partial charge in [-0.2, -0.15) is 0 Å². The highest BCUT2D eigenvalue weighted by atomic mass is 32.1. The minimum atomic E-state index is 0.490. The van der Waals surface area contributed by atoms with Crippen LogP contribution in [-0.2, 0) is 0 Å². The Morgan fingerprint density at radius 2 is 2.05 bits per heavy atom. The summed E-state index contributed by atoms with van der Waals surface area (Å²) in [5, 5.41) is 0. The molecule has 0 radical (unpaired) electrons. The molecule has 0 saturated carbocycles. The molecule has 1 saturated heterocycles. The van der Waals surface area contributed by atoms with E-state index in [-0.39, 0.29) is 0 Å². The zero-order valence-corrected chi connectivity index (χ0v) is 12.2. The Kier molecular flexibility index (Phi) is 3.33. The lowest BCUT2D eigenvalue weighted by atomic mass is 10.1. The van der Waals surface area contributed by atoms with E-state index >= 15 is 0 Å². The van der Waals surface area contributed by atoms with Gasteiger partial charge in [-0.25, -0.2) is 0 Å². The second-order valence-corrected chi connectivity index (χ2v) is 5.58. The van der Waals surface area contributed by atoms with Gasteiger partial charge in [-0.15, -0.1) is 0 Å². The summed E-state index contributed by atoms with van der Waals surface area (Å²) >= 11 is 5.51. The number of H-pyrrole nitrogens is 1. The first kappa shape index (κ1) is 12.7. The van der Waals surface area contributed by atoms with E-state index in [1.54, 1.807) is 7.11 Å². The topological polar surface area (TPSA) is 33.2 Å². The van der Waals surface area contributed by atoms with Crippen LogP contribution in [-0.4, -0.2) is 41.7 Å². The average molecular weight is 277 g/mol. The van der Waals surface area contributed by atoms with Crippen molar-refractivity contribution in [2.75, 3.05) is 27.2 Å². The molecule has 5 heteroatoms. The zero-order valence-electron chi connectivity index (χ0n) is 11.3. The summed E-state index contributed by atoms with van der Waals surface area (Å²) < 4.78 is 8.47. The summed E-state index contributed by atoms with van der Waals surface area (Å²) in [4.78, 5) is 5.66. The third kappa shape index (κ3) is 2.17. The number of imidazole rings is 1. The molecule has 3 rings (SSSR count). The third-order valence-electron chi connectivity index (χ3n) is 3.99. The van der Waals surface area contributed by atoms with Crippen LogP contribution in [0, 0.1) is 4.77 Å². The maximum atomic E-state index is 5.51. The number of aromatic nitrogens is 2. The predicted octanol–water partition coefficient (Wildman–Crippen LogP) is 2.97. The number of fused-ring (bicyclic) bond motifs is 1. The number of nitrogens with one attached hydrogen (secondary N) is 1. The molecule has 1 aliphatic rings. The Morgan fingerprint density at radius 1 is 1.32 bits per heavy atom. The normalized spacial score (nSPS) is 18.0. The number of hydrogen-bond acceptors (Lipinski definition) is 3. The fraction of sp³-hybridized carbons (Fsp3) is 0.500. The van der Waals surface area contributed by atoms with Crippen molar-refractivity contribution in [1.82, 2.24) is 14.5 Å². The van der Waals surface area contributed by atoms with Crippen LogP contribution >= 0.6 is 12.2 Å². The summed E-state index contributed by atoms with van der Waals surface area (Å²) in [6.45, 7) is 2.26. The Labute approximate surface area is 118 Å². The standard InChI is InChI=1S/C14H19N3OS/c1-16-8-6-10(7-9-16)17-11-4-3-5-12(18-2)13(11)15-14(17)19/h3-5,10H,6-9H2,1-2H3,(H,15,19). The molecule has 102 valence electrons. The zero-order chi connectivity index (χ0) is 13.4. The number of para-hydroxylation sites is 1. The second-order valence-electron chi connectivity index (χ2n) is 5.19. The molecule has 1 fully saturated rings. The van der Waals surface area contributed by atoms with E-state index in [0.717, 1.165) is 47.5 Å². The summed E-state index contributed by atoms with van der Waals surface area (Å²) in [5.74, 6) is 0.857. The molecule has 19 heavy (non-hydrogen) atoms. The van der Waals surface area contributed by atoms with E-state index in [0.29, 0.717) is 6.04 Å². The molecule has 0 spiro atoms. The molecule has 2 aromatic rings. The lowest BCUT2D eigenvalue weighted by molar-refractivity contribution is 0.223. The quantitative estimate of drug-likeness (QED) is 0.857. The van der Waals surface area contributed by atoms with E-state index in [1.165, 1.54) is 0 Å². The van der Waals surface area contributed by atoms with Crippen molar-refractivity contribution in [3.8, 4) is 5.75 Å². The number of aromatic amines is 1. The Hall–Kier alpha value is -1.33. The highest BCUT2D eigenvalue weighted by Gasteiger charge is 2.21. The molecule has 0 atom stereocenters. The van der Waals surface area contributed by atoms with Crippen LogP contribution in [0.25, 0.3) is 11.0 Å². The molecule has 1 aromatic heterocycles. The van der Waals surface area contributed by atoms with Crippen LogP contribution in [0.15, 0.2) is 18.2 Å². The van der Waals surface area contributed by atoms with E-state index < -0.39 is 0 Å². The van der Waals surface area contributed by atoms with E-state index in [2.05, 4.69) is 27.6 Å². The molecule has 0 unspecified atom stereocenters. The molecule has 2 heterocycles. The summed E-state index contributed by atoms with van der Waals surface area (Å²) in [6.07, 6.45) is 2.30. The number of likely N-dealkylation sites (tertiary alicyclic amines) is 1. The van der Waals surface area contributed by atoms with Gasteiger partial charge >= 0.3 is 0 Å². The van der Waals surface area contributed by atoms with Crippen LogP contribution in [0.2, 0.25) is 0 Å². The van der Waals surface area contributed by atoms with Crippen LogP contribution in [0.5, 0.6) is 5.75 Å². The van der Waals surface area contributed by atoms with Gasteiger partial charge in [0.25, 0.3) is 0 Å². The lowest BCUT2D eigenvalue weighted by Gasteiger charge is -2.30. The van der Waals surface area contributed by atoms with Gasteiger partial charge in [-0.1, -0.05) is 6.07 Å². The number of methoxy groups -OCH3 is 1. The molecule has 0 bridgehead atoms. The van der Waals surface area contributed by atoms with E-state index in [9.17, 15) is 0 Å². The van der Waals surface area contributed by atoms with Crippen molar-refractivity contribution < 1.29 is 4.74 Å². The number of piperidine rings is 1. The van der Waals surface area contributed by atoms with Gasteiger partial charge in [0.1, 0.15) is 11.3 Å². The number of benzene rings is 1. The number of ether oxygens (including phenoxy) is 1. The average Bonchev–Trinajstić information content (AvgIpc) is 2.76. The monoisotopic (exact) mass is 277 g/mol. The third-order valence-corrected chi connectivity index (χ3v) is 4.29. The highest BCUT2D eigenvalue weighted by molar-refractivity contribution is 7.71. The number of nitrogens with zero attached hydrogens (tertiary/aromatic N) is 2. The largest absolute Gasteiger partial charge is 0.494 e. The maximum absolute atomic E-state index is 5.51. The second kappa shape index (κ2) is 4.98. The van der Waals surface area contributed by atoms with Gasteiger partial charge in [0, 0.05) is 6.04 Å². The Balaban J connectivity index is 2.08. The molecule has 1 N–H and O–H groups in total. The number of hydrogen-bond donors (Lipinski definition) is 1. The minimum absolute atomic E-state index is 0.490. The fourth-order valence-corrected chi connectivity index (χ4v) is 3.26. The molecule has 0 amide bonds. The van der Waals surface area contributed by atoms with Crippen molar-refractivity contribution in [3.63, 3.8) is 0 Å². The van der Waals surface area contributed by atoms with Crippen LogP contribution in [0.4, 0.5) is 0 Å². The van der Waals surface area contributed by atoms with Crippen molar-refractivity contribution in [2.24, 2.45) is 0 Å². The molecule has 1 aromatic carbocycles. The Morgan fingerprint density at radius 3 is 2.74 bits per heavy atom. The maximum Gasteiger partial charge on any atom is 0.178 e. The summed E-state index contributed by atoms with van der Waals surface area (Å²) in [6, 6.07) is 6.59. The fourth-order valence-electron chi connectivity index (χ4n) is 2.91. The molecule has 1 aliphatic heterocycles. The molecule has 4 nitrogen and oxygen atoms in total. The summed E-state index contributed by atoms with van der Waals surface area (Å²) in [7, 11) is 3.87. The van der Waals surface area contributed by atoms with Crippen LogP contribution in [0.1, 0.15) is 18.9 Å². The van der Waals surface area contributed by atoms with Gasteiger partial charge in [-0.3, -0.25) is 0 Å². The molecule has 0 aliphatic carbocycles. The SMILES string of the molecule is COc1cccc2c1[nH]c(=S)n2C1CCN(C)CC1. The van der Waals surface area contributed by atoms with Gasteiger partial charge in [0.2, 0.25) is 0 Å². The van der Waals surface area contributed by atoms with E-state index in [1.807, 2.05) is 12.1 Å². The molecular weight excluding hydrogens is 258 g/mol. The smallest absolute Gasteiger partial charge is 0.178 e. The van der Waals surface area contributed by atoms with Crippen molar-refractivity contribution >= 4 is 23.3 Å². The number of rotatable bonds is 2. The first-order valence-electron chi connectivity index (χ1n) is 6.66. The van der Waals surface area contributed by atoms with Crippen molar-refractivity contribution in [1.29, 1.82) is 0 Å². The Bertz CT molecular complexity index is 638. The molecular formula is C14H19N3OS. The minimum Gasteiger partial charge on any atom is -0.494 e. The van der Waals surface area contributed by atoms with Gasteiger partial charge in [0.15, 0.2) is 4.77 Å². The van der Waals surface area contributed by atoms with Crippen molar-refractivity contribution in [3.05, 3.63) is 23.0 Å². The highest BCUT2D eigenvalue weighted by Crippen LogP contribution is 2.30. The van der Waals surface area contributed by atoms with Crippen molar-refractivity contribution in [2.45, 2.75) is 18.9 Å². The first-order chi connectivity index (χ1) is 9.20. The lowest BCUT2D eigenvalue weighted by Crippen LogP contribution is -2.31. The first-order valence-corrected chi connectivity index (χ1v) is 7.07. The summed E-state index contributed by atoms with van der Waals surface area (Å²) in [5.41, 5.74) is 2.16. The van der Waals surface area contributed by atoms with Gasteiger partial charge in [0.05, 0.1) is 12.6 Å². The predicted molar refractivity (Wildman–Crippen MR) is 79.4 cm³/mol. The van der Waals surface area contributed by atoms with E-state index in [4.69, 9.17) is 17.0 Å². The van der Waals surface area contributed by atoms with Gasteiger partial charge in [-0.05, 0) is 57.3 Å². The van der Waals surface area contributed by atoms with Crippen LogP contribution in [0.3, 0.4) is 0 Å². The van der Waals surface area contributed by atoms with Crippen LogP contribution < -0.4 is 4.74 Å². The van der Waals surface area contributed by atoms with Gasteiger partial charge < -0.3 is 19.2 Å².